The van der Waals surface area contributed by atoms with Crippen molar-refractivity contribution < 1.29 is 18.3 Å². The van der Waals surface area contributed by atoms with Crippen molar-refractivity contribution in [2.24, 2.45) is 0 Å². The lowest BCUT2D eigenvalue weighted by Crippen LogP contribution is -2.31. The predicted octanol–water partition coefficient (Wildman–Crippen LogP) is 4.30. The Morgan fingerprint density at radius 1 is 1.14 bits per heavy atom. The number of rotatable bonds is 5. The van der Waals surface area contributed by atoms with Gasteiger partial charge in [-0.05, 0) is 48.7 Å². The second-order valence-corrected chi connectivity index (χ2v) is 8.49. The molecule has 2 aliphatic rings. The van der Waals surface area contributed by atoms with Crippen molar-refractivity contribution in [3.05, 3.63) is 72.1 Å². The summed E-state index contributed by atoms with van der Waals surface area (Å²) < 4.78 is 36.9. The summed E-state index contributed by atoms with van der Waals surface area (Å²) in [6.45, 7) is 1.84. The molecule has 3 aromatic rings. The summed E-state index contributed by atoms with van der Waals surface area (Å²) >= 11 is 0. The Morgan fingerprint density at radius 2 is 1.97 bits per heavy atom. The first-order valence-electron chi connectivity index (χ1n) is 11.3. The maximum Gasteiger partial charge on any atom is 0.414 e. The number of ether oxygens (including phenoxy) is 1. The zero-order valence-corrected chi connectivity index (χ0v) is 18.8. The number of carbonyl (C=O) groups excluding carboxylic acids is 1. The second-order valence-electron chi connectivity index (χ2n) is 8.49. The highest BCUT2D eigenvalue weighted by Gasteiger charge is 2.33. The minimum Gasteiger partial charge on any atom is -0.442 e. The summed E-state index contributed by atoms with van der Waals surface area (Å²) in [5, 5.41) is 16.4. The molecule has 0 unspecified atom stereocenters. The quantitative estimate of drug-likeness (QED) is 0.511. The minimum absolute atomic E-state index is 0.240. The number of carbonyl (C=O) groups is 1. The summed E-state index contributed by atoms with van der Waals surface area (Å²) in [5.41, 5.74) is 2.53. The highest BCUT2D eigenvalue weighted by Crippen LogP contribution is 2.33. The van der Waals surface area contributed by atoms with Gasteiger partial charge in [0.05, 0.1) is 36.7 Å². The summed E-state index contributed by atoms with van der Waals surface area (Å²) in [4.78, 5) is 15.6. The average molecular weight is 476 g/mol. The van der Waals surface area contributed by atoms with Crippen molar-refractivity contribution in [3.63, 3.8) is 0 Å². The van der Waals surface area contributed by atoms with Gasteiger partial charge in [0.1, 0.15) is 17.7 Å². The Hall–Kier alpha value is -4.26. The maximum atomic E-state index is 15.1. The molecule has 5 rings (SSSR count). The van der Waals surface area contributed by atoms with Crippen LogP contribution in [0.15, 0.2) is 60.4 Å². The molecule has 2 aliphatic heterocycles. The molecule has 0 spiro atoms. The summed E-state index contributed by atoms with van der Waals surface area (Å²) in [7, 11) is 0. The molecule has 2 fully saturated rings. The number of amides is 1. The van der Waals surface area contributed by atoms with Crippen LogP contribution in [-0.4, -0.2) is 46.8 Å². The molecule has 1 atom stereocenters. The average Bonchev–Trinajstić information content (AvgIpc) is 3.49. The minimum atomic E-state index is -0.563. The monoisotopic (exact) mass is 476 g/mol. The zero-order valence-electron chi connectivity index (χ0n) is 18.8. The first kappa shape index (κ1) is 22.5. The van der Waals surface area contributed by atoms with E-state index in [4.69, 9.17) is 10.00 Å². The van der Waals surface area contributed by atoms with Gasteiger partial charge < -0.3 is 9.64 Å². The molecule has 3 heterocycles. The van der Waals surface area contributed by atoms with Crippen LogP contribution in [0.1, 0.15) is 12.8 Å². The number of allylic oxidation sites excluding steroid dienone is 1. The van der Waals surface area contributed by atoms with Gasteiger partial charge in [0.25, 0.3) is 0 Å². The molecule has 0 aliphatic carbocycles. The van der Waals surface area contributed by atoms with Crippen molar-refractivity contribution in [1.29, 1.82) is 5.26 Å². The van der Waals surface area contributed by atoms with E-state index in [1.165, 1.54) is 29.3 Å². The SMILES string of the molecule is N#CC=C1CCN(c2ccc(-c3ccc(N4C[C@H](Cn5ccnn5)OC4=O)cc3F)cc2F)CC1. The Labute approximate surface area is 200 Å². The number of halogens is 2. The topological polar surface area (TPSA) is 87.3 Å². The fourth-order valence-electron chi connectivity index (χ4n) is 4.47. The Balaban J connectivity index is 1.30. The fraction of sp³-hybridized carbons (Fsp3) is 0.280. The third-order valence-electron chi connectivity index (χ3n) is 6.27. The Morgan fingerprint density at radius 3 is 2.66 bits per heavy atom. The molecule has 0 saturated carbocycles. The number of hydrogen-bond donors (Lipinski definition) is 0. The molecule has 1 aromatic heterocycles. The largest absolute Gasteiger partial charge is 0.442 e. The molecular formula is C25H22F2N6O2. The van der Waals surface area contributed by atoms with E-state index < -0.39 is 23.8 Å². The van der Waals surface area contributed by atoms with E-state index in [-0.39, 0.29) is 12.1 Å². The number of nitriles is 1. The van der Waals surface area contributed by atoms with Gasteiger partial charge in [0, 0.05) is 30.9 Å². The molecule has 0 radical (unpaired) electrons. The molecule has 178 valence electrons. The predicted molar refractivity (Wildman–Crippen MR) is 125 cm³/mol. The molecule has 2 aromatic carbocycles. The lowest BCUT2D eigenvalue weighted by molar-refractivity contribution is 0.129. The molecule has 0 N–H and O–H groups in total. The van der Waals surface area contributed by atoms with Gasteiger partial charge in [0.2, 0.25) is 0 Å². The van der Waals surface area contributed by atoms with Crippen LogP contribution < -0.4 is 9.80 Å². The van der Waals surface area contributed by atoms with Crippen molar-refractivity contribution >= 4 is 17.5 Å². The van der Waals surface area contributed by atoms with Crippen molar-refractivity contribution in [2.45, 2.75) is 25.5 Å². The number of piperidine rings is 1. The van der Waals surface area contributed by atoms with E-state index in [2.05, 4.69) is 10.3 Å². The number of hydrogen-bond acceptors (Lipinski definition) is 6. The number of benzene rings is 2. The van der Waals surface area contributed by atoms with Crippen molar-refractivity contribution in [1.82, 2.24) is 15.0 Å². The fourth-order valence-corrected chi connectivity index (χ4v) is 4.47. The molecule has 35 heavy (non-hydrogen) atoms. The van der Waals surface area contributed by atoms with Gasteiger partial charge in [0.15, 0.2) is 0 Å². The molecule has 0 bridgehead atoms. The normalized spacial score (nSPS) is 17.9. The van der Waals surface area contributed by atoms with E-state index in [0.29, 0.717) is 49.4 Å². The van der Waals surface area contributed by atoms with Crippen LogP contribution in [0, 0.1) is 23.0 Å². The van der Waals surface area contributed by atoms with Gasteiger partial charge in [-0.1, -0.05) is 16.9 Å². The molecule has 8 nitrogen and oxygen atoms in total. The van der Waals surface area contributed by atoms with Crippen LogP contribution in [0.4, 0.5) is 25.0 Å². The number of nitrogens with zero attached hydrogens (tertiary/aromatic N) is 6. The van der Waals surface area contributed by atoms with Gasteiger partial charge >= 0.3 is 6.09 Å². The van der Waals surface area contributed by atoms with E-state index in [9.17, 15) is 9.18 Å². The van der Waals surface area contributed by atoms with Crippen LogP contribution in [0.2, 0.25) is 0 Å². The van der Waals surface area contributed by atoms with Gasteiger partial charge in [-0.2, -0.15) is 5.26 Å². The molecule has 1 amide bonds. The van der Waals surface area contributed by atoms with Crippen molar-refractivity contribution in [3.8, 4) is 17.2 Å². The Kier molecular flexibility index (Phi) is 6.14. The molecule has 2 saturated heterocycles. The molecular weight excluding hydrogens is 454 g/mol. The highest BCUT2D eigenvalue weighted by molar-refractivity contribution is 5.90. The maximum absolute atomic E-state index is 15.1. The number of anilines is 2. The third-order valence-corrected chi connectivity index (χ3v) is 6.27. The first-order chi connectivity index (χ1) is 17.0. The van der Waals surface area contributed by atoms with E-state index >= 15 is 4.39 Å². The number of aromatic nitrogens is 3. The standard InChI is InChI=1S/C25H22F2N6O2/c26-22-14-19(33-16-20(35-25(33)34)15-32-12-9-29-30-32)2-3-21(22)18-1-4-24(23(27)13-18)31-10-6-17(5-8-28)7-11-31/h1-5,9,12-14,20H,6-7,10-11,15-16H2/t20-/m0/s1. The second kappa shape index (κ2) is 9.54. The van der Waals surface area contributed by atoms with E-state index in [1.807, 2.05) is 11.0 Å². The zero-order chi connectivity index (χ0) is 24.4. The smallest absolute Gasteiger partial charge is 0.414 e. The summed E-state index contributed by atoms with van der Waals surface area (Å²) in [6, 6.07) is 11.1. The van der Waals surface area contributed by atoms with E-state index in [1.54, 1.807) is 35.2 Å². The highest BCUT2D eigenvalue weighted by atomic mass is 19.1. The van der Waals surface area contributed by atoms with Crippen LogP contribution in [0.5, 0.6) is 0 Å². The number of cyclic esters (lactones) is 1. The van der Waals surface area contributed by atoms with Gasteiger partial charge in [-0.25, -0.2) is 18.3 Å². The van der Waals surface area contributed by atoms with Crippen molar-refractivity contribution in [2.75, 3.05) is 29.4 Å². The Bertz CT molecular complexity index is 1310. The van der Waals surface area contributed by atoms with Crippen LogP contribution in [0.3, 0.4) is 0 Å². The van der Waals surface area contributed by atoms with Gasteiger partial charge in [-0.15, -0.1) is 5.10 Å². The van der Waals surface area contributed by atoms with E-state index in [0.717, 1.165) is 5.57 Å². The molecule has 10 heteroatoms. The van der Waals surface area contributed by atoms with Crippen LogP contribution >= 0.6 is 0 Å². The summed E-state index contributed by atoms with van der Waals surface area (Å²) in [6.07, 6.45) is 5.19. The van der Waals surface area contributed by atoms with Crippen LogP contribution in [-0.2, 0) is 11.3 Å². The van der Waals surface area contributed by atoms with Gasteiger partial charge in [-0.3, -0.25) is 4.90 Å². The summed E-state index contributed by atoms with van der Waals surface area (Å²) in [5.74, 6) is -0.996. The van der Waals surface area contributed by atoms with Crippen LogP contribution in [0.25, 0.3) is 11.1 Å². The lowest BCUT2D eigenvalue weighted by atomic mass is 10.0. The first-order valence-corrected chi connectivity index (χ1v) is 11.3. The third kappa shape index (κ3) is 4.71. The lowest BCUT2D eigenvalue weighted by Gasteiger charge is -2.30.